The van der Waals surface area contributed by atoms with Crippen molar-refractivity contribution in [1.82, 2.24) is 0 Å². The Labute approximate surface area is 63.7 Å². The minimum atomic E-state index is 0.425. The first-order chi connectivity index (χ1) is 4.43. The molecule has 0 aliphatic heterocycles. The summed E-state index contributed by atoms with van der Waals surface area (Å²) in [7, 11) is 1.40. The zero-order valence-electron chi connectivity index (χ0n) is 5.31. The van der Waals surface area contributed by atoms with Crippen molar-refractivity contribution in [2.75, 3.05) is 0 Å². The molecule has 1 saturated carbocycles. The molecule has 0 spiro atoms. The smallest absolute Gasteiger partial charge is 0.115 e. The van der Waals surface area contributed by atoms with Crippen LogP contribution in [0.2, 0.25) is 0 Å². The van der Waals surface area contributed by atoms with Crippen molar-refractivity contribution in [2.24, 2.45) is 0 Å². The van der Waals surface area contributed by atoms with E-state index in [1.54, 1.807) is 0 Å². The van der Waals surface area contributed by atoms with Crippen LogP contribution in [0.1, 0.15) is 32.1 Å². The number of rotatable bonds is 2. The molecule has 0 amide bonds. The molecule has 0 N–H and O–H groups in total. The molecule has 0 aromatic carbocycles. The number of hydrogen-bond donors (Lipinski definition) is 0. The van der Waals surface area contributed by atoms with Crippen molar-refractivity contribution in [3.8, 4) is 0 Å². The van der Waals surface area contributed by atoms with Gasteiger partial charge in [-0.05, 0) is 12.8 Å². The minimum absolute atomic E-state index is 0.425. The Hall–Kier alpha value is 0.630. The molecule has 0 saturated heterocycles. The van der Waals surface area contributed by atoms with Gasteiger partial charge >= 0.3 is 0 Å². The van der Waals surface area contributed by atoms with Crippen molar-refractivity contribution in [3.05, 3.63) is 0 Å². The van der Waals surface area contributed by atoms with Crippen molar-refractivity contribution < 1.29 is 3.89 Å². The maximum atomic E-state index is 11.7. The fourth-order valence-corrected chi connectivity index (χ4v) is 2.73. The summed E-state index contributed by atoms with van der Waals surface area (Å²) in [5.74, 6) is 0. The lowest BCUT2D eigenvalue weighted by atomic mass is 10.0. The summed E-state index contributed by atoms with van der Waals surface area (Å²) >= 11 is 0.425. The van der Waals surface area contributed by atoms with E-state index >= 15 is 0 Å². The number of halogens is 1. The Morgan fingerprint density at radius 1 is 1.11 bits per heavy atom. The van der Waals surface area contributed by atoms with Gasteiger partial charge < -0.3 is 0 Å². The fourth-order valence-electron chi connectivity index (χ4n) is 1.21. The Morgan fingerprint density at radius 3 is 2.33 bits per heavy atom. The fraction of sp³-hybridized carbons (Fsp3) is 1.00. The Bertz CT molecular complexity index is 68.7. The first-order valence-corrected chi connectivity index (χ1v) is 5.49. The lowest BCUT2D eigenvalue weighted by Gasteiger charge is -2.17. The summed E-state index contributed by atoms with van der Waals surface area (Å²) in [6.07, 6.45) is 6.41. The molecule has 1 aliphatic rings. The van der Waals surface area contributed by atoms with E-state index in [1.165, 1.54) is 42.9 Å². The molecule has 0 nitrogen and oxygen atoms in total. The van der Waals surface area contributed by atoms with E-state index in [0.717, 1.165) is 0 Å². The molecule has 54 valence electrons. The SMILES string of the molecule is FSSC1CCCCC1. The van der Waals surface area contributed by atoms with Crippen LogP contribution >= 0.6 is 22.0 Å². The van der Waals surface area contributed by atoms with Crippen LogP contribution in [0.3, 0.4) is 0 Å². The third kappa shape index (κ3) is 2.80. The predicted molar refractivity (Wildman–Crippen MR) is 43.2 cm³/mol. The third-order valence-electron chi connectivity index (χ3n) is 1.72. The van der Waals surface area contributed by atoms with Gasteiger partial charge in [-0.1, -0.05) is 30.1 Å². The van der Waals surface area contributed by atoms with Crippen LogP contribution in [0, 0.1) is 0 Å². The van der Waals surface area contributed by atoms with Gasteiger partial charge in [0.15, 0.2) is 0 Å². The van der Waals surface area contributed by atoms with Gasteiger partial charge in [0.2, 0.25) is 0 Å². The molecule has 9 heavy (non-hydrogen) atoms. The summed E-state index contributed by atoms with van der Waals surface area (Å²) in [6, 6.07) is 0. The van der Waals surface area contributed by atoms with Gasteiger partial charge in [-0.2, -0.15) is 3.89 Å². The third-order valence-corrected chi connectivity index (χ3v) is 3.58. The van der Waals surface area contributed by atoms with Crippen LogP contribution in [-0.4, -0.2) is 5.25 Å². The highest BCUT2D eigenvalue weighted by Crippen LogP contribution is 2.36. The van der Waals surface area contributed by atoms with Crippen molar-refractivity contribution in [3.63, 3.8) is 0 Å². The van der Waals surface area contributed by atoms with Crippen LogP contribution in [-0.2, 0) is 0 Å². The largest absolute Gasteiger partial charge is 0.153 e. The summed E-state index contributed by atoms with van der Waals surface area (Å²) in [5, 5.41) is 0.605. The van der Waals surface area contributed by atoms with Crippen LogP contribution in [0.4, 0.5) is 3.89 Å². The molecule has 0 unspecified atom stereocenters. The maximum absolute atomic E-state index is 11.7. The van der Waals surface area contributed by atoms with Gasteiger partial charge in [-0.25, -0.2) is 0 Å². The lowest BCUT2D eigenvalue weighted by Crippen LogP contribution is -2.05. The first-order valence-electron chi connectivity index (χ1n) is 3.37. The van der Waals surface area contributed by atoms with Crippen LogP contribution < -0.4 is 0 Å². The van der Waals surface area contributed by atoms with Crippen LogP contribution in [0.25, 0.3) is 0 Å². The predicted octanol–water partition coefficient (Wildman–Crippen LogP) is 3.59. The summed E-state index contributed by atoms with van der Waals surface area (Å²) < 4.78 is 11.7. The molecule has 1 rings (SSSR count). The van der Waals surface area contributed by atoms with Crippen molar-refractivity contribution in [2.45, 2.75) is 37.4 Å². The Kier molecular flexibility index (Phi) is 3.82. The highest BCUT2D eigenvalue weighted by Gasteiger charge is 2.13. The van der Waals surface area contributed by atoms with Gasteiger partial charge in [0.25, 0.3) is 0 Å². The Balaban J connectivity index is 2.08. The molecule has 0 bridgehead atoms. The molecule has 1 fully saturated rings. The summed E-state index contributed by atoms with van der Waals surface area (Å²) in [5.41, 5.74) is 0. The zero-order valence-corrected chi connectivity index (χ0v) is 6.94. The van der Waals surface area contributed by atoms with E-state index < -0.39 is 0 Å². The van der Waals surface area contributed by atoms with Gasteiger partial charge in [0.05, 0.1) is 0 Å². The first kappa shape index (κ1) is 7.73. The molecule has 0 aromatic rings. The maximum Gasteiger partial charge on any atom is 0.115 e. The molecule has 0 radical (unpaired) electrons. The molecular weight excluding hydrogens is 155 g/mol. The highest BCUT2D eigenvalue weighted by molar-refractivity contribution is 8.75. The molecular formula is C6H11FS2. The highest BCUT2D eigenvalue weighted by atomic mass is 33.1. The second kappa shape index (κ2) is 4.45. The second-order valence-corrected chi connectivity index (χ2v) is 4.36. The standard InChI is InChI=1S/C6H11FS2/c7-9-8-6-4-2-1-3-5-6/h6H,1-5H2. The van der Waals surface area contributed by atoms with E-state index in [1.807, 2.05) is 0 Å². The zero-order chi connectivity index (χ0) is 6.53. The van der Waals surface area contributed by atoms with Crippen molar-refractivity contribution in [1.29, 1.82) is 0 Å². The van der Waals surface area contributed by atoms with Gasteiger partial charge in [-0.3, -0.25) is 0 Å². The van der Waals surface area contributed by atoms with E-state index in [2.05, 4.69) is 0 Å². The average molecular weight is 166 g/mol. The van der Waals surface area contributed by atoms with Crippen molar-refractivity contribution >= 4 is 22.0 Å². The molecule has 0 atom stereocenters. The van der Waals surface area contributed by atoms with E-state index in [9.17, 15) is 3.89 Å². The second-order valence-electron chi connectivity index (χ2n) is 2.42. The summed E-state index contributed by atoms with van der Waals surface area (Å²) in [4.78, 5) is 0. The summed E-state index contributed by atoms with van der Waals surface area (Å²) in [6.45, 7) is 0. The molecule has 0 heterocycles. The van der Waals surface area contributed by atoms with Gasteiger partial charge in [0.1, 0.15) is 11.2 Å². The average Bonchev–Trinajstić information content (AvgIpc) is 1.91. The molecule has 0 aromatic heterocycles. The van der Waals surface area contributed by atoms with Gasteiger partial charge in [0, 0.05) is 5.25 Å². The quantitative estimate of drug-likeness (QED) is 0.575. The van der Waals surface area contributed by atoms with E-state index in [4.69, 9.17) is 0 Å². The van der Waals surface area contributed by atoms with Crippen LogP contribution in [0.15, 0.2) is 0 Å². The van der Waals surface area contributed by atoms with Crippen LogP contribution in [0.5, 0.6) is 0 Å². The lowest BCUT2D eigenvalue weighted by molar-refractivity contribution is 0.517. The normalized spacial score (nSPS) is 22.3. The van der Waals surface area contributed by atoms with E-state index in [-0.39, 0.29) is 0 Å². The Morgan fingerprint density at radius 2 is 1.78 bits per heavy atom. The van der Waals surface area contributed by atoms with E-state index in [0.29, 0.717) is 16.4 Å². The monoisotopic (exact) mass is 166 g/mol. The molecule has 3 heteroatoms. The number of hydrogen-bond acceptors (Lipinski definition) is 2. The minimum Gasteiger partial charge on any atom is -0.153 e. The van der Waals surface area contributed by atoms with Gasteiger partial charge in [-0.15, -0.1) is 0 Å². The molecule has 1 aliphatic carbocycles. The topological polar surface area (TPSA) is 0 Å².